The fourth-order valence-corrected chi connectivity index (χ4v) is 5.71. The van der Waals surface area contributed by atoms with E-state index in [9.17, 15) is 4.79 Å². The Kier molecular flexibility index (Phi) is 11.7. The van der Waals surface area contributed by atoms with Gasteiger partial charge in [0.15, 0.2) is 14.0 Å². The molecule has 0 bridgehead atoms. The summed E-state index contributed by atoms with van der Waals surface area (Å²) in [5.74, 6) is 4.03. The number of carbonyl (C=O) groups excluding carboxylic acids is 1. The van der Waals surface area contributed by atoms with E-state index in [1.807, 2.05) is 60.8 Å². The van der Waals surface area contributed by atoms with Crippen molar-refractivity contribution in [3.05, 3.63) is 123 Å². The monoisotopic (exact) mass is 743 g/mol. The lowest BCUT2D eigenvalue weighted by molar-refractivity contribution is 0.0849. The van der Waals surface area contributed by atoms with Crippen LogP contribution in [0.15, 0.2) is 111 Å². The van der Waals surface area contributed by atoms with Gasteiger partial charge in [-0.1, -0.05) is 44.0 Å². The van der Waals surface area contributed by atoms with Gasteiger partial charge in [0.2, 0.25) is 6.19 Å². The number of ether oxygens (including phenoxy) is 2. The van der Waals surface area contributed by atoms with Gasteiger partial charge in [-0.3, -0.25) is 19.4 Å². The van der Waals surface area contributed by atoms with E-state index in [1.54, 1.807) is 30.9 Å². The number of Topliss-reactive ketones (excluding diaryl/α,β-unsaturated/α-hetero) is 1. The number of carbonyl (C=O) groups is 1. The van der Waals surface area contributed by atoms with Crippen LogP contribution in [-0.2, 0) is 0 Å². The maximum absolute atomic E-state index is 12.1. The molecule has 228 valence electrons. The van der Waals surface area contributed by atoms with Crippen LogP contribution in [0.5, 0.6) is 11.5 Å². The molecule has 8 nitrogen and oxygen atoms in total. The van der Waals surface area contributed by atoms with Crippen LogP contribution in [0.3, 0.4) is 0 Å². The zero-order chi connectivity index (χ0) is 32.4. The van der Waals surface area contributed by atoms with Crippen molar-refractivity contribution in [2.24, 2.45) is 9.65 Å². The van der Waals surface area contributed by atoms with Crippen LogP contribution >= 0.6 is 31.9 Å². The van der Waals surface area contributed by atoms with Crippen LogP contribution in [0.1, 0.15) is 52.1 Å². The molecule has 2 aromatic heterocycles. The normalized spacial score (nSPS) is 17.2. The highest BCUT2D eigenvalue weighted by molar-refractivity contribution is 9.10. The van der Waals surface area contributed by atoms with Crippen molar-refractivity contribution in [3.8, 4) is 17.7 Å². The number of fused-ring (bicyclic) bond motifs is 2. The van der Waals surface area contributed by atoms with Crippen LogP contribution < -0.4 is 9.47 Å². The number of halogens is 2. The number of nitriles is 1. The van der Waals surface area contributed by atoms with Gasteiger partial charge < -0.3 is 9.47 Å². The van der Waals surface area contributed by atoms with E-state index in [2.05, 4.69) is 83.6 Å². The van der Waals surface area contributed by atoms with Gasteiger partial charge in [0.25, 0.3) is 0 Å². The molecule has 4 heterocycles. The second-order valence-electron chi connectivity index (χ2n) is 11.0. The molecule has 0 fully saturated rings. The summed E-state index contributed by atoms with van der Waals surface area (Å²) < 4.78 is 17.7. The molecule has 0 radical (unpaired) electrons. The molecule has 2 atom stereocenters. The van der Waals surface area contributed by atoms with Crippen LogP contribution in [0, 0.1) is 11.5 Å². The lowest BCUT2D eigenvalue weighted by Gasteiger charge is -2.27. The molecule has 0 amide bonds. The van der Waals surface area contributed by atoms with Crippen molar-refractivity contribution in [1.82, 2.24) is 9.97 Å². The summed E-state index contributed by atoms with van der Waals surface area (Å²) in [6, 6.07) is 18.8. The summed E-state index contributed by atoms with van der Waals surface area (Å²) in [5, 5.41) is 8.87. The lowest BCUT2D eigenvalue weighted by Crippen LogP contribution is -2.21. The number of aliphatic imine (C=N–C) groups is 1. The van der Waals surface area contributed by atoms with Crippen LogP contribution in [0.2, 0.25) is 19.6 Å². The van der Waals surface area contributed by atoms with E-state index in [0.717, 1.165) is 37.1 Å². The smallest absolute Gasteiger partial charge is 0.205 e. The maximum Gasteiger partial charge on any atom is 0.205 e. The summed E-state index contributed by atoms with van der Waals surface area (Å²) in [5.41, 5.74) is 4.15. The number of ketones is 1. The quantitative estimate of drug-likeness (QED) is 0.118. The maximum atomic E-state index is 12.1. The van der Waals surface area contributed by atoms with Gasteiger partial charge in [-0.15, -0.1) is 0 Å². The molecule has 0 N–H and O–H groups in total. The molecule has 45 heavy (non-hydrogen) atoms. The minimum atomic E-state index is -1.21. The number of hydrogen-bond acceptors (Lipinski definition) is 8. The Morgan fingerprint density at radius 3 is 1.87 bits per heavy atom. The second-order valence-corrected chi connectivity index (χ2v) is 17.4. The molecular weight excluding hydrogens is 714 g/mol. The fraction of sp³-hybridized carbons (Fsp3) is 0.206. The first-order valence-electron chi connectivity index (χ1n) is 14.0. The third-order valence-corrected chi connectivity index (χ3v) is 8.31. The predicted molar refractivity (Wildman–Crippen MR) is 186 cm³/mol. The number of hydrogen-bond donors (Lipinski definition) is 0. The molecule has 2 aliphatic heterocycles. The summed E-state index contributed by atoms with van der Waals surface area (Å²) in [7, 11) is -1.21. The molecule has 2 unspecified atom stereocenters. The van der Waals surface area contributed by atoms with Crippen molar-refractivity contribution in [1.29, 1.82) is 5.26 Å². The minimum absolute atomic E-state index is 0.103. The van der Waals surface area contributed by atoms with Crippen LogP contribution in [0.4, 0.5) is 0 Å². The van der Waals surface area contributed by atoms with E-state index in [-0.39, 0.29) is 18.0 Å². The molecule has 0 spiro atoms. The molecule has 0 aliphatic carbocycles. The Morgan fingerprint density at radius 2 is 1.40 bits per heavy atom. The summed E-state index contributed by atoms with van der Waals surface area (Å²) in [6.45, 7) is 9.82. The van der Waals surface area contributed by atoms with Gasteiger partial charge in [0.1, 0.15) is 23.7 Å². The SMILES string of the molecule is C=C=N[Si](C)(C)C.N#CN=C1CC(c2cccnc2)Oc2ccc(Br)cc21.O=C1CC(c2cccnc2)Oc2ccc(Br)cc21. The first kappa shape index (κ1) is 33.7. The van der Waals surface area contributed by atoms with Gasteiger partial charge >= 0.3 is 0 Å². The number of rotatable bonds is 3. The van der Waals surface area contributed by atoms with Crippen LogP contribution in [0.25, 0.3) is 0 Å². The third kappa shape index (κ3) is 9.64. The molecule has 6 rings (SSSR count). The van der Waals surface area contributed by atoms with E-state index in [1.165, 1.54) is 0 Å². The average molecular weight is 746 g/mol. The Balaban J connectivity index is 0.000000171. The Morgan fingerprint density at radius 1 is 0.867 bits per heavy atom. The number of nitrogens with zero attached hydrogens (tertiary/aromatic N) is 5. The number of aromatic nitrogens is 2. The summed E-state index contributed by atoms with van der Waals surface area (Å²) in [6.07, 6.45) is 9.33. The topological polar surface area (TPSA) is 110 Å². The van der Waals surface area contributed by atoms with Crippen LogP contribution in [-0.4, -0.2) is 35.6 Å². The van der Waals surface area contributed by atoms with E-state index in [0.29, 0.717) is 24.2 Å². The van der Waals surface area contributed by atoms with Gasteiger partial charge in [0.05, 0.1) is 17.7 Å². The van der Waals surface area contributed by atoms with Gasteiger partial charge in [-0.25, -0.2) is 0 Å². The highest BCUT2D eigenvalue weighted by Crippen LogP contribution is 2.37. The van der Waals surface area contributed by atoms with Gasteiger partial charge in [-0.2, -0.15) is 10.3 Å². The van der Waals surface area contributed by atoms with E-state index >= 15 is 0 Å². The van der Waals surface area contributed by atoms with E-state index in [4.69, 9.17) is 14.7 Å². The Labute approximate surface area is 280 Å². The highest BCUT2D eigenvalue weighted by atomic mass is 79.9. The molecule has 2 aliphatic rings. The van der Waals surface area contributed by atoms with Crippen molar-refractivity contribution in [2.45, 2.75) is 44.7 Å². The highest BCUT2D eigenvalue weighted by Gasteiger charge is 2.28. The average Bonchev–Trinajstić information content (AvgIpc) is 3.02. The lowest BCUT2D eigenvalue weighted by atomic mass is 9.96. The van der Waals surface area contributed by atoms with Crippen molar-refractivity contribution >= 4 is 57.5 Å². The third-order valence-electron chi connectivity index (χ3n) is 6.49. The first-order chi connectivity index (χ1) is 21.6. The van der Waals surface area contributed by atoms with E-state index < -0.39 is 8.24 Å². The zero-order valence-electron chi connectivity index (χ0n) is 25.1. The Bertz CT molecular complexity index is 1770. The first-order valence-corrected chi connectivity index (χ1v) is 19.1. The predicted octanol–water partition coefficient (Wildman–Crippen LogP) is 8.87. The molecule has 11 heteroatoms. The molecular formula is C34H31Br2N5O3Si. The van der Waals surface area contributed by atoms with Crippen molar-refractivity contribution < 1.29 is 14.3 Å². The zero-order valence-corrected chi connectivity index (χ0v) is 29.2. The fourth-order valence-electron chi connectivity index (χ4n) is 4.52. The number of pyridine rings is 2. The standard InChI is InChI=1S/C15H10BrN3O.C14H10BrNO2.C5H11NSi/c16-11-3-4-14-12(6-11)13(19-9-17)7-15(20-14)10-2-1-5-18-8-10;15-10-3-4-13-11(6-10)12(17)7-14(18-13)9-2-1-5-16-8-9;1-5-6-7(2,3)4/h1-6,8,15H,7H2;1-6,8,14H,7H2;1H2,2-4H3. The minimum Gasteiger partial charge on any atom is -0.485 e. The number of benzene rings is 2. The summed E-state index contributed by atoms with van der Waals surface area (Å²) >= 11 is 6.79. The van der Waals surface area contributed by atoms with Gasteiger partial charge in [-0.05, 0) is 80.6 Å². The van der Waals surface area contributed by atoms with Crippen molar-refractivity contribution in [2.75, 3.05) is 0 Å². The molecule has 2 aromatic carbocycles. The second kappa shape index (κ2) is 15.7. The largest absolute Gasteiger partial charge is 0.485 e. The molecule has 4 aromatic rings. The Hall–Kier alpha value is -4.20. The summed E-state index contributed by atoms with van der Waals surface area (Å²) in [4.78, 5) is 24.2. The van der Waals surface area contributed by atoms with Crippen molar-refractivity contribution in [3.63, 3.8) is 0 Å². The molecule has 0 saturated heterocycles. The molecule has 0 saturated carbocycles. The van der Waals surface area contributed by atoms with Gasteiger partial charge in [0, 0.05) is 56.8 Å².